The molecule has 9 nitrogen and oxygen atoms in total. The van der Waals surface area contributed by atoms with Crippen molar-refractivity contribution in [2.45, 2.75) is 51.7 Å². The topological polar surface area (TPSA) is 103 Å². The van der Waals surface area contributed by atoms with Crippen molar-refractivity contribution in [3.8, 4) is 0 Å². The normalized spacial score (nSPS) is 18.2. The van der Waals surface area contributed by atoms with Crippen LogP contribution in [0.15, 0.2) is 67.2 Å². The van der Waals surface area contributed by atoms with Crippen LogP contribution >= 0.6 is 0 Å². The van der Waals surface area contributed by atoms with Crippen LogP contribution in [0.1, 0.15) is 64.8 Å². The average molecular weight is 535 g/mol. The third-order valence-corrected chi connectivity index (χ3v) is 7.23. The highest BCUT2D eigenvalue weighted by Gasteiger charge is 2.35. The number of nitrogens with one attached hydrogen (secondary N) is 2. The Bertz CT molecular complexity index is 1310. The summed E-state index contributed by atoms with van der Waals surface area (Å²) in [6.07, 6.45) is 9.06. The molecule has 2 aliphatic rings. The van der Waals surface area contributed by atoms with Gasteiger partial charge in [-0.3, -0.25) is 19.1 Å². The van der Waals surface area contributed by atoms with Gasteiger partial charge in [0, 0.05) is 49.0 Å². The molecule has 2 aromatic heterocycles. The molecule has 0 spiro atoms. The summed E-state index contributed by atoms with van der Waals surface area (Å²) in [5.74, 6) is -1.21. The molecule has 1 saturated heterocycles. The van der Waals surface area contributed by atoms with E-state index in [2.05, 4.69) is 23.5 Å². The number of carbonyl (C=O) groups excluding carboxylic acids is 3. The summed E-state index contributed by atoms with van der Waals surface area (Å²) in [6, 6.07) is 3.40. The van der Waals surface area contributed by atoms with Gasteiger partial charge >= 0.3 is 0 Å². The van der Waals surface area contributed by atoms with Gasteiger partial charge in [0.05, 0.1) is 13.1 Å². The van der Waals surface area contributed by atoms with Crippen molar-refractivity contribution < 1.29 is 18.8 Å². The lowest BCUT2D eigenvalue weighted by atomic mass is 9.95. The minimum atomic E-state index is -0.551. The first-order valence-electron chi connectivity index (χ1n) is 13.1. The molecule has 4 rings (SSSR count). The van der Waals surface area contributed by atoms with Crippen molar-refractivity contribution >= 4 is 17.7 Å². The molecule has 0 radical (unpaired) electrons. The predicted molar refractivity (Wildman–Crippen MR) is 147 cm³/mol. The number of carbonyl (C=O) groups is 3. The molecule has 1 fully saturated rings. The van der Waals surface area contributed by atoms with Gasteiger partial charge in [-0.2, -0.15) is 5.10 Å². The lowest BCUT2D eigenvalue weighted by Crippen LogP contribution is -2.46. The zero-order valence-corrected chi connectivity index (χ0v) is 22.5. The van der Waals surface area contributed by atoms with Gasteiger partial charge in [-0.15, -0.1) is 0 Å². The van der Waals surface area contributed by atoms with E-state index in [0.29, 0.717) is 50.3 Å². The Hall–Kier alpha value is -4.21. The maximum Gasteiger partial charge on any atom is 0.272 e. The molecule has 1 unspecified atom stereocenters. The van der Waals surface area contributed by atoms with Gasteiger partial charge in [0.1, 0.15) is 11.5 Å². The molecule has 1 atom stereocenters. The second-order valence-electron chi connectivity index (χ2n) is 9.96. The fourth-order valence-electron chi connectivity index (χ4n) is 5.22. The average Bonchev–Trinajstić information content (AvgIpc) is 3.59. The number of allylic oxidation sites excluding steroid dienone is 5. The molecule has 10 heteroatoms. The molecule has 3 amide bonds. The summed E-state index contributed by atoms with van der Waals surface area (Å²) in [7, 11) is 0. The molecule has 2 N–H and O–H groups in total. The van der Waals surface area contributed by atoms with Gasteiger partial charge in [0.15, 0.2) is 5.69 Å². The van der Waals surface area contributed by atoms with E-state index in [4.69, 9.17) is 5.10 Å². The predicted octanol–water partition coefficient (Wildman–Crippen LogP) is 3.86. The van der Waals surface area contributed by atoms with Gasteiger partial charge in [0.25, 0.3) is 11.8 Å². The van der Waals surface area contributed by atoms with Crippen LogP contribution in [0.4, 0.5) is 4.39 Å². The van der Waals surface area contributed by atoms with Crippen LogP contribution in [0.3, 0.4) is 0 Å². The molecule has 0 aliphatic carbocycles. The number of halogens is 1. The van der Waals surface area contributed by atoms with E-state index in [1.807, 2.05) is 19.9 Å². The maximum absolute atomic E-state index is 13.6. The zero-order valence-electron chi connectivity index (χ0n) is 22.5. The Labute approximate surface area is 227 Å². The summed E-state index contributed by atoms with van der Waals surface area (Å²) in [5.41, 5.74) is 3.16. The number of hydrogen-bond donors (Lipinski definition) is 2. The van der Waals surface area contributed by atoms with E-state index in [-0.39, 0.29) is 41.9 Å². The van der Waals surface area contributed by atoms with Crippen LogP contribution in [0.2, 0.25) is 0 Å². The minimum absolute atomic E-state index is 0.0897. The lowest BCUT2D eigenvalue weighted by molar-refractivity contribution is -0.127. The molecular weight excluding hydrogens is 499 g/mol. The number of aromatic nitrogens is 3. The summed E-state index contributed by atoms with van der Waals surface area (Å²) in [4.78, 5) is 45.1. The second-order valence-corrected chi connectivity index (χ2v) is 9.96. The van der Waals surface area contributed by atoms with Crippen molar-refractivity contribution in [3.05, 3.63) is 89.8 Å². The highest BCUT2D eigenvalue weighted by atomic mass is 19.1. The molecule has 2 aliphatic heterocycles. The molecule has 0 aromatic carbocycles. The number of hydrogen-bond acceptors (Lipinski definition) is 4. The third kappa shape index (κ3) is 6.27. The van der Waals surface area contributed by atoms with Crippen molar-refractivity contribution in [2.75, 3.05) is 19.6 Å². The Morgan fingerprint density at radius 3 is 2.59 bits per heavy atom. The van der Waals surface area contributed by atoms with Crippen LogP contribution in [0.25, 0.3) is 0 Å². The SMILES string of the molecule is C=CC(=O)N1CCC(NC(=O)c2nn(CC(=CC)/C=C\C(=C)F)c3c2CN(C(=O)c2ccc[nH]2)CC3C)CC1. The number of nitrogens with zero attached hydrogens (tertiary/aromatic N) is 4. The molecule has 4 heterocycles. The van der Waals surface area contributed by atoms with Gasteiger partial charge in [-0.05, 0) is 49.6 Å². The molecule has 0 bridgehead atoms. The van der Waals surface area contributed by atoms with E-state index in [1.165, 1.54) is 12.2 Å². The maximum atomic E-state index is 13.6. The Kier molecular flexibility index (Phi) is 8.63. The van der Waals surface area contributed by atoms with Crippen LogP contribution in [0, 0.1) is 0 Å². The fourth-order valence-corrected chi connectivity index (χ4v) is 5.22. The van der Waals surface area contributed by atoms with E-state index in [9.17, 15) is 18.8 Å². The Morgan fingerprint density at radius 1 is 1.23 bits per heavy atom. The van der Waals surface area contributed by atoms with E-state index in [1.54, 1.807) is 38.9 Å². The number of rotatable bonds is 8. The van der Waals surface area contributed by atoms with Crippen LogP contribution < -0.4 is 5.32 Å². The Balaban J connectivity index is 1.61. The van der Waals surface area contributed by atoms with E-state index < -0.39 is 5.83 Å². The van der Waals surface area contributed by atoms with Gasteiger partial charge in [0.2, 0.25) is 5.91 Å². The number of piperidine rings is 1. The van der Waals surface area contributed by atoms with Crippen molar-refractivity contribution in [1.82, 2.24) is 29.9 Å². The zero-order chi connectivity index (χ0) is 28.1. The van der Waals surface area contributed by atoms with Gasteiger partial charge in [-0.1, -0.05) is 32.2 Å². The summed E-state index contributed by atoms with van der Waals surface area (Å²) in [6.45, 7) is 12.8. The van der Waals surface area contributed by atoms with Gasteiger partial charge < -0.3 is 20.1 Å². The van der Waals surface area contributed by atoms with Crippen molar-refractivity contribution in [1.29, 1.82) is 0 Å². The summed E-state index contributed by atoms with van der Waals surface area (Å²) in [5, 5.41) is 7.82. The molecular formula is C29H35FN6O3. The highest BCUT2D eigenvalue weighted by Crippen LogP contribution is 2.32. The number of aromatic amines is 1. The first-order chi connectivity index (χ1) is 18.7. The monoisotopic (exact) mass is 534 g/mol. The molecule has 0 saturated carbocycles. The fraction of sp³-hybridized carbons (Fsp3) is 0.379. The summed E-state index contributed by atoms with van der Waals surface area (Å²) >= 11 is 0. The van der Waals surface area contributed by atoms with Crippen LogP contribution in [-0.2, 0) is 17.9 Å². The number of likely N-dealkylation sites (tertiary alicyclic amines) is 1. The van der Waals surface area contributed by atoms with Gasteiger partial charge in [-0.25, -0.2) is 4.39 Å². The number of fused-ring (bicyclic) bond motifs is 1. The highest BCUT2D eigenvalue weighted by molar-refractivity contribution is 5.96. The summed E-state index contributed by atoms with van der Waals surface area (Å²) < 4.78 is 15.1. The number of H-pyrrole nitrogens is 1. The standard InChI is InChI=1S/C29H35FN6O3/c1-5-21(10-9-20(4)30)17-36-27-19(3)16-35(29(39)24-8-7-13-31-24)18-23(27)26(33-36)28(38)32-22-11-14-34(15-12-22)25(37)6-2/h5-10,13,19,22,31H,2,4,11-12,14-18H2,1,3H3,(H,32,38)/b10-9-,21-5?. The van der Waals surface area contributed by atoms with Crippen molar-refractivity contribution in [3.63, 3.8) is 0 Å². The second kappa shape index (κ2) is 12.1. The quantitative estimate of drug-likeness (QED) is 0.397. The third-order valence-electron chi connectivity index (χ3n) is 7.23. The molecule has 206 valence electrons. The lowest BCUT2D eigenvalue weighted by Gasteiger charge is -2.32. The van der Waals surface area contributed by atoms with Crippen LogP contribution in [-0.4, -0.2) is 68.0 Å². The first kappa shape index (κ1) is 27.8. The largest absolute Gasteiger partial charge is 0.357 e. The first-order valence-corrected chi connectivity index (χ1v) is 13.1. The molecule has 39 heavy (non-hydrogen) atoms. The van der Waals surface area contributed by atoms with Crippen LogP contribution in [0.5, 0.6) is 0 Å². The van der Waals surface area contributed by atoms with Crippen molar-refractivity contribution in [2.24, 2.45) is 0 Å². The number of amides is 3. The Morgan fingerprint density at radius 2 is 1.97 bits per heavy atom. The molecule has 2 aromatic rings. The minimum Gasteiger partial charge on any atom is -0.357 e. The van der Waals surface area contributed by atoms with E-state index >= 15 is 0 Å². The van der Waals surface area contributed by atoms with E-state index in [0.717, 1.165) is 11.3 Å². The smallest absolute Gasteiger partial charge is 0.272 e.